The molecule has 0 saturated carbocycles. The molecule has 0 fully saturated rings. The van der Waals surface area contributed by atoms with E-state index < -0.39 is 0 Å². The SMILES string of the molecule is CC(O)CCN[C@@H](C)c1cccc(Cl)c1. The predicted octanol–water partition coefficient (Wildman–Crippen LogP) is 2.76. The number of benzene rings is 1. The van der Waals surface area contributed by atoms with Gasteiger partial charge in [0, 0.05) is 11.1 Å². The average Bonchev–Trinajstić information content (AvgIpc) is 2.17. The third-order valence-electron chi connectivity index (χ3n) is 2.36. The zero-order valence-corrected chi connectivity index (χ0v) is 9.96. The molecule has 1 rings (SSSR count). The number of hydrogen-bond donors (Lipinski definition) is 2. The van der Waals surface area contributed by atoms with Crippen LogP contribution in [0.15, 0.2) is 24.3 Å². The Bertz CT molecular complexity index is 301. The number of hydrogen-bond acceptors (Lipinski definition) is 2. The molecule has 2 atom stereocenters. The van der Waals surface area contributed by atoms with Crippen LogP contribution in [-0.2, 0) is 0 Å². The zero-order chi connectivity index (χ0) is 11.3. The van der Waals surface area contributed by atoms with Crippen LogP contribution in [0.2, 0.25) is 5.02 Å². The van der Waals surface area contributed by atoms with E-state index in [-0.39, 0.29) is 12.1 Å². The smallest absolute Gasteiger partial charge is 0.0524 e. The summed E-state index contributed by atoms with van der Waals surface area (Å²) in [5.41, 5.74) is 1.17. The van der Waals surface area contributed by atoms with E-state index in [1.54, 1.807) is 6.92 Å². The highest BCUT2D eigenvalue weighted by Crippen LogP contribution is 2.17. The summed E-state index contributed by atoms with van der Waals surface area (Å²) in [5, 5.41) is 13.2. The highest BCUT2D eigenvalue weighted by molar-refractivity contribution is 6.30. The van der Waals surface area contributed by atoms with E-state index >= 15 is 0 Å². The van der Waals surface area contributed by atoms with Crippen LogP contribution in [-0.4, -0.2) is 17.8 Å². The van der Waals surface area contributed by atoms with Gasteiger partial charge in [-0.3, -0.25) is 0 Å². The first-order valence-electron chi connectivity index (χ1n) is 5.26. The Balaban J connectivity index is 2.43. The summed E-state index contributed by atoms with van der Waals surface area (Å²) in [6, 6.07) is 8.09. The maximum atomic E-state index is 9.12. The number of aliphatic hydroxyl groups excluding tert-OH is 1. The summed E-state index contributed by atoms with van der Waals surface area (Å²) in [4.78, 5) is 0. The van der Waals surface area contributed by atoms with Gasteiger partial charge in [0.05, 0.1) is 6.10 Å². The standard InChI is InChI=1S/C12H18ClNO/c1-9(15)6-7-14-10(2)11-4-3-5-12(13)8-11/h3-5,8-10,14-15H,6-7H2,1-2H3/t9?,10-/m0/s1. The molecule has 0 aliphatic carbocycles. The molecule has 84 valence electrons. The Hall–Kier alpha value is -0.570. The van der Waals surface area contributed by atoms with Crippen molar-refractivity contribution in [2.45, 2.75) is 32.4 Å². The minimum absolute atomic E-state index is 0.246. The third kappa shape index (κ3) is 4.65. The van der Waals surface area contributed by atoms with Gasteiger partial charge in [-0.25, -0.2) is 0 Å². The first kappa shape index (κ1) is 12.5. The van der Waals surface area contributed by atoms with Gasteiger partial charge in [0.15, 0.2) is 0 Å². The van der Waals surface area contributed by atoms with E-state index in [0.717, 1.165) is 18.0 Å². The largest absolute Gasteiger partial charge is 0.393 e. The Morgan fingerprint density at radius 1 is 1.40 bits per heavy atom. The average molecular weight is 228 g/mol. The second kappa shape index (κ2) is 6.11. The fourth-order valence-corrected chi connectivity index (χ4v) is 1.60. The second-order valence-corrected chi connectivity index (χ2v) is 4.30. The lowest BCUT2D eigenvalue weighted by Crippen LogP contribution is -2.22. The Morgan fingerprint density at radius 2 is 2.13 bits per heavy atom. The van der Waals surface area contributed by atoms with Crippen molar-refractivity contribution in [3.05, 3.63) is 34.9 Å². The molecule has 3 heteroatoms. The molecule has 0 aliphatic heterocycles. The molecule has 1 aromatic rings. The summed E-state index contributed by atoms with van der Waals surface area (Å²) in [6.45, 7) is 4.70. The molecule has 1 unspecified atom stereocenters. The summed E-state index contributed by atoms with van der Waals surface area (Å²) in [5.74, 6) is 0. The fraction of sp³-hybridized carbons (Fsp3) is 0.500. The van der Waals surface area contributed by atoms with Crippen molar-refractivity contribution in [2.24, 2.45) is 0 Å². The van der Waals surface area contributed by atoms with Crippen molar-refractivity contribution in [1.29, 1.82) is 0 Å². The summed E-state index contributed by atoms with van der Waals surface area (Å²) >= 11 is 5.91. The summed E-state index contributed by atoms with van der Waals surface area (Å²) in [7, 11) is 0. The lowest BCUT2D eigenvalue weighted by molar-refractivity contribution is 0.182. The molecular weight excluding hydrogens is 210 g/mol. The van der Waals surface area contributed by atoms with Crippen molar-refractivity contribution < 1.29 is 5.11 Å². The number of nitrogens with one attached hydrogen (secondary N) is 1. The fourth-order valence-electron chi connectivity index (χ4n) is 1.40. The van der Waals surface area contributed by atoms with Crippen molar-refractivity contribution in [2.75, 3.05) is 6.54 Å². The summed E-state index contributed by atoms with van der Waals surface area (Å²) < 4.78 is 0. The van der Waals surface area contributed by atoms with Gasteiger partial charge < -0.3 is 10.4 Å². The molecule has 2 N–H and O–H groups in total. The monoisotopic (exact) mass is 227 g/mol. The maximum absolute atomic E-state index is 9.12. The van der Waals surface area contributed by atoms with Crippen molar-refractivity contribution in [3.8, 4) is 0 Å². The van der Waals surface area contributed by atoms with Crippen LogP contribution in [0.1, 0.15) is 31.9 Å². The molecule has 0 saturated heterocycles. The molecule has 1 aromatic carbocycles. The highest BCUT2D eigenvalue weighted by atomic mass is 35.5. The van der Waals surface area contributed by atoms with E-state index in [1.165, 1.54) is 5.56 Å². The molecule has 15 heavy (non-hydrogen) atoms. The van der Waals surface area contributed by atoms with Crippen molar-refractivity contribution in [3.63, 3.8) is 0 Å². The minimum atomic E-state index is -0.246. The van der Waals surface area contributed by atoms with E-state index in [1.807, 2.05) is 24.3 Å². The Labute approximate surface area is 96.3 Å². The van der Waals surface area contributed by atoms with Gasteiger partial charge in [0.2, 0.25) is 0 Å². The normalized spacial score (nSPS) is 14.9. The van der Waals surface area contributed by atoms with Crippen LogP contribution in [0.3, 0.4) is 0 Å². The van der Waals surface area contributed by atoms with Gasteiger partial charge in [-0.05, 0) is 44.5 Å². The summed E-state index contributed by atoms with van der Waals surface area (Å²) in [6.07, 6.45) is 0.523. The van der Waals surface area contributed by atoms with Crippen LogP contribution < -0.4 is 5.32 Å². The van der Waals surface area contributed by atoms with Crippen LogP contribution in [0.4, 0.5) is 0 Å². The molecule has 0 spiro atoms. The van der Waals surface area contributed by atoms with Gasteiger partial charge in [0.1, 0.15) is 0 Å². The van der Waals surface area contributed by atoms with Gasteiger partial charge in [-0.1, -0.05) is 23.7 Å². The van der Waals surface area contributed by atoms with Crippen molar-refractivity contribution in [1.82, 2.24) is 5.32 Å². The molecular formula is C12H18ClNO. The van der Waals surface area contributed by atoms with Crippen LogP contribution in [0, 0.1) is 0 Å². The molecule has 0 radical (unpaired) electrons. The molecule has 0 aliphatic rings. The second-order valence-electron chi connectivity index (χ2n) is 3.87. The Kier molecular flexibility index (Phi) is 5.09. The van der Waals surface area contributed by atoms with Gasteiger partial charge in [-0.2, -0.15) is 0 Å². The van der Waals surface area contributed by atoms with Crippen LogP contribution in [0.5, 0.6) is 0 Å². The van der Waals surface area contributed by atoms with Crippen LogP contribution in [0.25, 0.3) is 0 Å². The van der Waals surface area contributed by atoms with E-state index in [4.69, 9.17) is 16.7 Å². The molecule has 0 amide bonds. The first-order chi connectivity index (χ1) is 7.09. The molecule has 0 heterocycles. The van der Waals surface area contributed by atoms with Crippen molar-refractivity contribution >= 4 is 11.6 Å². The number of rotatable bonds is 5. The van der Waals surface area contributed by atoms with Gasteiger partial charge in [0.25, 0.3) is 0 Å². The third-order valence-corrected chi connectivity index (χ3v) is 2.60. The predicted molar refractivity (Wildman–Crippen MR) is 64.2 cm³/mol. The quantitative estimate of drug-likeness (QED) is 0.811. The molecule has 0 aromatic heterocycles. The van der Waals surface area contributed by atoms with Gasteiger partial charge >= 0.3 is 0 Å². The lowest BCUT2D eigenvalue weighted by Gasteiger charge is -2.15. The van der Waals surface area contributed by atoms with Crippen LogP contribution >= 0.6 is 11.6 Å². The minimum Gasteiger partial charge on any atom is -0.393 e. The van der Waals surface area contributed by atoms with E-state index in [0.29, 0.717) is 0 Å². The Morgan fingerprint density at radius 3 is 2.73 bits per heavy atom. The first-order valence-corrected chi connectivity index (χ1v) is 5.64. The topological polar surface area (TPSA) is 32.3 Å². The number of aliphatic hydroxyl groups is 1. The lowest BCUT2D eigenvalue weighted by atomic mass is 10.1. The highest BCUT2D eigenvalue weighted by Gasteiger charge is 2.05. The molecule has 0 bridgehead atoms. The maximum Gasteiger partial charge on any atom is 0.0524 e. The molecule has 2 nitrogen and oxygen atoms in total. The van der Waals surface area contributed by atoms with E-state index in [2.05, 4.69) is 12.2 Å². The van der Waals surface area contributed by atoms with Gasteiger partial charge in [-0.15, -0.1) is 0 Å². The zero-order valence-electron chi connectivity index (χ0n) is 9.20. The number of halogens is 1. The van der Waals surface area contributed by atoms with E-state index in [9.17, 15) is 0 Å².